The monoisotopic (exact) mass is 349 g/mol. The maximum Gasteiger partial charge on any atom is 0.516 e. The number of amides is 1. The Kier molecular flexibility index (Phi) is 4.01. The average Bonchev–Trinajstić information content (AvgIpc) is 2.13. The van der Waals surface area contributed by atoms with Crippen LogP contribution < -0.4 is 4.72 Å². The molecule has 0 fully saturated rings. The molecule has 0 saturated heterocycles. The molecular weight excluding hydrogens is 346 g/mol. The molecule has 0 aliphatic rings. The number of nitrogens with one attached hydrogen (secondary N) is 1. The summed E-state index contributed by atoms with van der Waals surface area (Å²) in [4.78, 5) is 11.2. The number of sulfonamides is 1. The third kappa shape index (κ3) is 3.42. The summed E-state index contributed by atoms with van der Waals surface area (Å²) in [5, 5.41) is 0. The van der Waals surface area contributed by atoms with Gasteiger partial charge in [-0.15, -0.1) is 0 Å². The highest BCUT2D eigenvalue weighted by Gasteiger charge is 2.47. The predicted molar refractivity (Wildman–Crippen MR) is 56.5 cm³/mol. The molecule has 18 heavy (non-hydrogen) atoms. The fraction of sp³-hybridized carbons (Fsp3) is 0.125. The van der Waals surface area contributed by atoms with Crippen LogP contribution in [0.25, 0.3) is 0 Å². The average molecular weight is 350 g/mol. The molecule has 0 aromatic heterocycles. The lowest BCUT2D eigenvalue weighted by atomic mass is 10.2. The molecule has 100 valence electrons. The third-order valence-corrected chi connectivity index (χ3v) is 3.18. The largest absolute Gasteiger partial charge is 0.516 e. The van der Waals surface area contributed by atoms with Gasteiger partial charge >= 0.3 is 15.5 Å². The number of hydrogen-bond acceptors (Lipinski definition) is 3. The molecule has 1 rings (SSSR count). The van der Waals surface area contributed by atoms with Gasteiger partial charge in [0.25, 0.3) is 5.91 Å². The van der Waals surface area contributed by atoms with E-state index in [4.69, 9.17) is 0 Å². The second kappa shape index (κ2) is 4.84. The molecule has 1 aromatic carbocycles. The van der Waals surface area contributed by atoms with Gasteiger partial charge in [0.15, 0.2) is 0 Å². The molecule has 0 atom stereocenters. The molecule has 1 amide bonds. The van der Waals surface area contributed by atoms with Crippen molar-refractivity contribution >= 4 is 31.9 Å². The standard InChI is InChI=1S/C8H4BrF4NO3S/c9-5-1-4(2-6(10)3-5)7(15)14-18(16,17)8(11,12)13/h1-3H,(H,14,15). The molecule has 0 spiro atoms. The first-order chi connectivity index (χ1) is 8.03. The van der Waals surface area contributed by atoms with Crippen molar-refractivity contribution in [2.45, 2.75) is 5.51 Å². The summed E-state index contributed by atoms with van der Waals surface area (Å²) in [5.74, 6) is -2.48. The highest BCUT2D eigenvalue weighted by molar-refractivity contribution is 9.10. The summed E-state index contributed by atoms with van der Waals surface area (Å²) in [5.41, 5.74) is -6.18. The first-order valence-electron chi connectivity index (χ1n) is 4.12. The van der Waals surface area contributed by atoms with E-state index in [1.54, 1.807) is 0 Å². The highest BCUT2D eigenvalue weighted by atomic mass is 79.9. The van der Waals surface area contributed by atoms with Gasteiger partial charge in [0.1, 0.15) is 5.82 Å². The maximum atomic E-state index is 12.9. The van der Waals surface area contributed by atoms with Crippen molar-refractivity contribution in [1.29, 1.82) is 0 Å². The Labute approximate surface area is 107 Å². The zero-order valence-corrected chi connectivity index (χ0v) is 10.7. The summed E-state index contributed by atoms with van der Waals surface area (Å²) in [6, 6.07) is 2.53. The molecule has 0 bridgehead atoms. The van der Waals surface area contributed by atoms with Gasteiger partial charge in [0.2, 0.25) is 0 Å². The fourth-order valence-electron chi connectivity index (χ4n) is 0.924. The summed E-state index contributed by atoms with van der Waals surface area (Å²) >= 11 is 2.81. The number of rotatable bonds is 2. The van der Waals surface area contributed by atoms with Crippen LogP contribution in [0.1, 0.15) is 10.4 Å². The van der Waals surface area contributed by atoms with Gasteiger partial charge in [-0.05, 0) is 18.2 Å². The topological polar surface area (TPSA) is 63.2 Å². The molecule has 1 aromatic rings. The van der Waals surface area contributed by atoms with E-state index in [1.807, 2.05) is 0 Å². The van der Waals surface area contributed by atoms with Gasteiger partial charge in [-0.3, -0.25) is 4.79 Å². The van der Waals surface area contributed by atoms with Crippen molar-refractivity contribution in [1.82, 2.24) is 4.72 Å². The van der Waals surface area contributed by atoms with Crippen LogP contribution in [-0.2, 0) is 10.0 Å². The van der Waals surface area contributed by atoms with Crippen LogP contribution in [0.5, 0.6) is 0 Å². The molecule has 0 radical (unpaired) electrons. The van der Waals surface area contributed by atoms with Crippen LogP contribution in [0, 0.1) is 5.82 Å². The molecule has 0 aliphatic carbocycles. The third-order valence-electron chi connectivity index (χ3n) is 1.66. The van der Waals surface area contributed by atoms with Gasteiger partial charge in [-0.2, -0.15) is 21.6 Å². The number of benzene rings is 1. The molecule has 0 unspecified atom stereocenters. The number of alkyl halides is 3. The Balaban J connectivity index is 3.04. The second-order valence-corrected chi connectivity index (χ2v) is 5.63. The lowest BCUT2D eigenvalue weighted by Crippen LogP contribution is -2.40. The van der Waals surface area contributed by atoms with Crippen LogP contribution in [0.4, 0.5) is 17.6 Å². The molecular formula is C8H4BrF4NO3S. The lowest BCUT2D eigenvalue weighted by Gasteiger charge is -2.09. The van der Waals surface area contributed by atoms with Gasteiger partial charge in [-0.1, -0.05) is 15.9 Å². The minimum atomic E-state index is -5.81. The van der Waals surface area contributed by atoms with Crippen molar-refractivity contribution in [3.63, 3.8) is 0 Å². The van der Waals surface area contributed by atoms with Crippen molar-refractivity contribution in [3.05, 3.63) is 34.1 Å². The zero-order valence-electron chi connectivity index (χ0n) is 8.25. The van der Waals surface area contributed by atoms with Crippen molar-refractivity contribution < 1.29 is 30.8 Å². The first kappa shape index (κ1) is 14.9. The molecule has 10 heteroatoms. The number of halogens is 5. The van der Waals surface area contributed by atoms with Crippen LogP contribution in [0.3, 0.4) is 0 Å². The SMILES string of the molecule is O=C(NS(=O)(=O)C(F)(F)F)c1cc(F)cc(Br)c1. The van der Waals surface area contributed by atoms with Crippen LogP contribution in [0.2, 0.25) is 0 Å². The van der Waals surface area contributed by atoms with Gasteiger partial charge in [-0.25, -0.2) is 9.11 Å². The van der Waals surface area contributed by atoms with E-state index in [0.29, 0.717) is 6.07 Å². The fourth-order valence-corrected chi connectivity index (χ4v) is 1.87. The summed E-state index contributed by atoms with van der Waals surface area (Å²) < 4.78 is 71.0. The van der Waals surface area contributed by atoms with Crippen LogP contribution in [0.15, 0.2) is 22.7 Å². The van der Waals surface area contributed by atoms with Crippen molar-refractivity contribution in [3.8, 4) is 0 Å². The van der Waals surface area contributed by atoms with Crippen LogP contribution in [-0.4, -0.2) is 19.8 Å². The lowest BCUT2D eigenvalue weighted by molar-refractivity contribution is -0.0446. The molecule has 1 N–H and O–H groups in total. The van der Waals surface area contributed by atoms with E-state index in [0.717, 1.165) is 16.9 Å². The Morgan fingerprint density at radius 1 is 1.22 bits per heavy atom. The van der Waals surface area contributed by atoms with Gasteiger partial charge < -0.3 is 0 Å². The van der Waals surface area contributed by atoms with E-state index in [1.165, 1.54) is 0 Å². The second-order valence-electron chi connectivity index (χ2n) is 3.04. The maximum absolute atomic E-state index is 12.9. The number of carbonyl (C=O) groups is 1. The van der Waals surface area contributed by atoms with E-state index >= 15 is 0 Å². The molecule has 4 nitrogen and oxygen atoms in total. The minimum absolute atomic E-state index is 0.0806. The summed E-state index contributed by atoms with van der Waals surface area (Å²) in [7, 11) is -5.81. The number of hydrogen-bond donors (Lipinski definition) is 1. The highest BCUT2D eigenvalue weighted by Crippen LogP contribution is 2.22. The first-order valence-corrected chi connectivity index (χ1v) is 6.40. The quantitative estimate of drug-likeness (QED) is 0.832. The van der Waals surface area contributed by atoms with E-state index in [2.05, 4.69) is 15.9 Å². The smallest absolute Gasteiger partial charge is 0.268 e. The number of carbonyl (C=O) groups excluding carboxylic acids is 1. The molecule has 0 heterocycles. The molecule has 0 saturated carbocycles. The summed E-state index contributed by atoms with van der Waals surface area (Å²) in [6.45, 7) is 0. The Morgan fingerprint density at radius 2 is 1.78 bits per heavy atom. The Hall–Kier alpha value is -1.16. The van der Waals surface area contributed by atoms with E-state index in [-0.39, 0.29) is 4.47 Å². The molecule has 0 aliphatic heterocycles. The predicted octanol–water partition coefficient (Wildman–Crippen LogP) is 2.17. The minimum Gasteiger partial charge on any atom is -0.268 e. The Bertz CT molecular complexity index is 564. The van der Waals surface area contributed by atoms with Crippen molar-refractivity contribution in [2.75, 3.05) is 0 Å². The van der Waals surface area contributed by atoms with Gasteiger partial charge in [0, 0.05) is 10.0 Å². The van der Waals surface area contributed by atoms with E-state index < -0.39 is 32.8 Å². The zero-order chi connectivity index (χ0) is 14.1. The van der Waals surface area contributed by atoms with Crippen molar-refractivity contribution in [2.24, 2.45) is 0 Å². The van der Waals surface area contributed by atoms with Crippen LogP contribution >= 0.6 is 15.9 Å². The normalized spacial score (nSPS) is 12.3. The summed E-state index contributed by atoms with van der Waals surface area (Å²) in [6.07, 6.45) is 0. The Morgan fingerprint density at radius 3 is 2.22 bits per heavy atom. The van der Waals surface area contributed by atoms with Gasteiger partial charge in [0.05, 0.1) is 0 Å². The van der Waals surface area contributed by atoms with E-state index in [9.17, 15) is 30.8 Å².